The van der Waals surface area contributed by atoms with Crippen LogP contribution in [0.15, 0.2) is 0 Å². The van der Waals surface area contributed by atoms with Crippen LogP contribution in [-0.4, -0.2) is 31.1 Å². The van der Waals surface area contributed by atoms with Crippen LogP contribution in [0.5, 0.6) is 0 Å². The molecule has 10 heavy (non-hydrogen) atoms. The molecule has 2 nitrogen and oxygen atoms in total. The van der Waals surface area contributed by atoms with Gasteiger partial charge in [-0.05, 0) is 26.4 Å². The fourth-order valence-electron chi connectivity index (χ4n) is 1.62. The number of likely N-dealkylation sites (N-methyl/N-ethyl adjacent to an activating group) is 1. The minimum atomic E-state index is 0.655. The molecular formula is C8H18N2. The number of rotatable bonds is 1. The van der Waals surface area contributed by atoms with E-state index in [1.54, 1.807) is 0 Å². The highest BCUT2D eigenvalue weighted by Gasteiger charge is 2.14. The minimum Gasteiger partial charge on any atom is -0.329 e. The topological polar surface area (TPSA) is 29.3 Å². The van der Waals surface area contributed by atoms with E-state index in [4.69, 9.17) is 5.73 Å². The number of likely N-dealkylation sites (tertiary alicyclic amines) is 1. The van der Waals surface area contributed by atoms with Gasteiger partial charge in [0.25, 0.3) is 0 Å². The van der Waals surface area contributed by atoms with Crippen LogP contribution >= 0.6 is 0 Å². The van der Waals surface area contributed by atoms with Crippen LogP contribution in [0.4, 0.5) is 0 Å². The zero-order valence-electron chi connectivity index (χ0n) is 6.84. The molecule has 0 amide bonds. The summed E-state index contributed by atoms with van der Waals surface area (Å²) >= 11 is 0. The SMILES string of the molecule is CN1CCCCCC1CN. The maximum Gasteiger partial charge on any atom is 0.0215 e. The quantitative estimate of drug-likeness (QED) is 0.587. The van der Waals surface area contributed by atoms with Crippen molar-refractivity contribution in [1.29, 1.82) is 0 Å². The van der Waals surface area contributed by atoms with Gasteiger partial charge in [-0.15, -0.1) is 0 Å². The smallest absolute Gasteiger partial charge is 0.0215 e. The van der Waals surface area contributed by atoms with Crippen molar-refractivity contribution in [3.63, 3.8) is 0 Å². The summed E-state index contributed by atoms with van der Waals surface area (Å²) in [5.74, 6) is 0. The largest absolute Gasteiger partial charge is 0.329 e. The third-order valence-electron chi connectivity index (χ3n) is 2.44. The zero-order valence-corrected chi connectivity index (χ0v) is 6.84. The number of nitrogens with zero attached hydrogens (tertiary/aromatic N) is 1. The lowest BCUT2D eigenvalue weighted by atomic mass is 10.1. The number of hydrogen-bond acceptors (Lipinski definition) is 2. The summed E-state index contributed by atoms with van der Waals surface area (Å²) in [5, 5.41) is 0. The molecule has 0 radical (unpaired) electrons. The highest BCUT2D eigenvalue weighted by atomic mass is 15.1. The molecule has 0 spiro atoms. The highest BCUT2D eigenvalue weighted by molar-refractivity contribution is 4.72. The van der Waals surface area contributed by atoms with Crippen molar-refractivity contribution in [3.8, 4) is 0 Å². The van der Waals surface area contributed by atoms with Crippen LogP contribution in [0, 0.1) is 0 Å². The van der Waals surface area contributed by atoms with E-state index in [9.17, 15) is 0 Å². The molecule has 1 atom stereocenters. The maximum absolute atomic E-state index is 5.62. The average Bonchev–Trinajstić information content (AvgIpc) is 2.13. The van der Waals surface area contributed by atoms with Crippen molar-refractivity contribution >= 4 is 0 Å². The molecule has 1 fully saturated rings. The van der Waals surface area contributed by atoms with Crippen LogP contribution in [0.25, 0.3) is 0 Å². The third kappa shape index (κ3) is 1.96. The Kier molecular flexibility index (Phi) is 3.16. The van der Waals surface area contributed by atoms with Crippen LogP contribution < -0.4 is 5.73 Å². The lowest BCUT2D eigenvalue weighted by Crippen LogP contribution is -2.36. The summed E-state index contributed by atoms with van der Waals surface area (Å²) in [7, 11) is 2.18. The fraction of sp³-hybridized carbons (Fsp3) is 1.00. The van der Waals surface area contributed by atoms with E-state index in [0.29, 0.717) is 6.04 Å². The second-order valence-electron chi connectivity index (χ2n) is 3.22. The summed E-state index contributed by atoms with van der Waals surface area (Å²) in [6.07, 6.45) is 5.41. The van der Waals surface area contributed by atoms with E-state index >= 15 is 0 Å². The van der Waals surface area contributed by atoms with Crippen molar-refractivity contribution in [2.75, 3.05) is 20.1 Å². The molecule has 1 saturated heterocycles. The normalized spacial score (nSPS) is 30.0. The Morgan fingerprint density at radius 2 is 2.20 bits per heavy atom. The van der Waals surface area contributed by atoms with Gasteiger partial charge in [0.05, 0.1) is 0 Å². The van der Waals surface area contributed by atoms with Crippen molar-refractivity contribution in [2.45, 2.75) is 31.7 Å². The highest BCUT2D eigenvalue weighted by Crippen LogP contribution is 2.13. The van der Waals surface area contributed by atoms with Gasteiger partial charge in [0.15, 0.2) is 0 Å². The molecule has 0 bridgehead atoms. The van der Waals surface area contributed by atoms with E-state index < -0.39 is 0 Å². The van der Waals surface area contributed by atoms with Gasteiger partial charge in [0.2, 0.25) is 0 Å². The molecule has 0 aromatic carbocycles. The first-order chi connectivity index (χ1) is 4.84. The van der Waals surface area contributed by atoms with Gasteiger partial charge in [-0.3, -0.25) is 0 Å². The van der Waals surface area contributed by atoms with Gasteiger partial charge in [-0.2, -0.15) is 0 Å². The Morgan fingerprint density at radius 3 is 2.90 bits per heavy atom. The molecule has 0 aromatic heterocycles. The predicted octanol–water partition coefficient (Wildman–Crippen LogP) is 0.820. The number of hydrogen-bond donors (Lipinski definition) is 1. The second kappa shape index (κ2) is 3.94. The first-order valence-electron chi connectivity index (χ1n) is 4.25. The van der Waals surface area contributed by atoms with Gasteiger partial charge >= 0.3 is 0 Å². The lowest BCUT2D eigenvalue weighted by Gasteiger charge is -2.23. The Labute approximate surface area is 63.4 Å². The summed E-state index contributed by atoms with van der Waals surface area (Å²) in [5.41, 5.74) is 5.62. The fourth-order valence-corrected chi connectivity index (χ4v) is 1.62. The van der Waals surface area contributed by atoms with Crippen LogP contribution in [-0.2, 0) is 0 Å². The van der Waals surface area contributed by atoms with Gasteiger partial charge in [-0.25, -0.2) is 0 Å². The van der Waals surface area contributed by atoms with E-state index in [2.05, 4.69) is 11.9 Å². The van der Waals surface area contributed by atoms with E-state index in [1.807, 2.05) is 0 Å². The van der Waals surface area contributed by atoms with Crippen molar-refractivity contribution in [2.24, 2.45) is 5.73 Å². The second-order valence-corrected chi connectivity index (χ2v) is 3.22. The first-order valence-corrected chi connectivity index (χ1v) is 4.25. The monoisotopic (exact) mass is 142 g/mol. The average molecular weight is 142 g/mol. The van der Waals surface area contributed by atoms with E-state index in [0.717, 1.165) is 6.54 Å². The number of nitrogens with two attached hydrogens (primary N) is 1. The molecule has 2 N–H and O–H groups in total. The van der Waals surface area contributed by atoms with E-state index in [1.165, 1.54) is 32.2 Å². The summed E-state index contributed by atoms with van der Waals surface area (Å²) in [6.45, 7) is 2.07. The van der Waals surface area contributed by atoms with Gasteiger partial charge in [-0.1, -0.05) is 12.8 Å². The Balaban J connectivity index is 2.35. The summed E-state index contributed by atoms with van der Waals surface area (Å²) in [6, 6.07) is 0.655. The molecule has 60 valence electrons. The van der Waals surface area contributed by atoms with Crippen LogP contribution in [0.2, 0.25) is 0 Å². The molecule has 1 unspecified atom stereocenters. The molecule has 0 aromatic rings. The molecule has 2 heteroatoms. The van der Waals surface area contributed by atoms with Gasteiger partial charge in [0.1, 0.15) is 0 Å². The third-order valence-corrected chi connectivity index (χ3v) is 2.44. The zero-order chi connectivity index (χ0) is 7.40. The first kappa shape index (κ1) is 8.02. The molecule has 1 rings (SSSR count). The summed E-state index contributed by atoms with van der Waals surface area (Å²) in [4.78, 5) is 2.40. The van der Waals surface area contributed by atoms with Crippen LogP contribution in [0.1, 0.15) is 25.7 Å². The van der Waals surface area contributed by atoms with Crippen molar-refractivity contribution in [3.05, 3.63) is 0 Å². The molecular weight excluding hydrogens is 124 g/mol. The maximum atomic E-state index is 5.62. The van der Waals surface area contributed by atoms with Gasteiger partial charge in [0, 0.05) is 12.6 Å². The molecule has 0 saturated carbocycles. The van der Waals surface area contributed by atoms with E-state index in [-0.39, 0.29) is 0 Å². The molecule has 0 aliphatic carbocycles. The Bertz CT molecular complexity index is 93.3. The molecule has 1 aliphatic heterocycles. The Hall–Kier alpha value is -0.0800. The minimum absolute atomic E-state index is 0.655. The van der Waals surface area contributed by atoms with Crippen molar-refractivity contribution in [1.82, 2.24) is 4.90 Å². The lowest BCUT2D eigenvalue weighted by molar-refractivity contribution is 0.252. The summed E-state index contributed by atoms with van der Waals surface area (Å²) < 4.78 is 0. The standard InChI is InChI=1S/C8H18N2/c1-10-6-4-2-3-5-8(10)7-9/h8H,2-7,9H2,1H3. The predicted molar refractivity (Wildman–Crippen MR) is 43.9 cm³/mol. The van der Waals surface area contributed by atoms with Gasteiger partial charge < -0.3 is 10.6 Å². The molecule has 1 heterocycles. The van der Waals surface area contributed by atoms with Crippen LogP contribution in [0.3, 0.4) is 0 Å². The molecule has 1 aliphatic rings. The Morgan fingerprint density at radius 1 is 1.40 bits per heavy atom. The van der Waals surface area contributed by atoms with Crippen molar-refractivity contribution < 1.29 is 0 Å².